The first-order chi connectivity index (χ1) is 9.40. The molecule has 0 saturated heterocycles. The summed E-state index contributed by atoms with van der Waals surface area (Å²) in [6.45, 7) is 1.71. The second kappa shape index (κ2) is 5.76. The topological polar surface area (TPSA) is 69.2 Å². The van der Waals surface area contributed by atoms with E-state index in [4.69, 9.17) is 4.18 Å². The van der Waals surface area contributed by atoms with Crippen LogP contribution in [-0.4, -0.2) is 24.6 Å². The maximum absolute atomic E-state index is 12.8. The Hall–Kier alpha value is -1.67. The van der Waals surface area contributed by atoms with Crippen LogP contribution >= 0.6 is 11.8 Å². The third kappa shape index (κ3) is 3.45. The minimum absolute atomic E-state index is 0.0637. The Kier molecular flexibility index (Phi) is 4.24. The number of aromatic nitrogens is 2. The van der Waals surface area contributed by atoms with E-state index in [-0.39, 0.29) is 10.8 Å². The highest BCUT2D eigenvalue weighted by Gasteiger charge is 2.18. The number of aryl methyl sites for hydroxylation is 1. The Morgan fingerprint density at radius 1 is 1.20 bits per heavy atom. The fourth-order valence-corrected chi connectivity index (χ4v) is 2.70. The molecule has 0 amide bonds. The van der Waals surface area contributed by atoms with Gasteiger partial charge in [0.25, 0.3) is 0 Å². The third-order valence-corrected chi connectivity index (χ3v) is 4.08. The van der Waals surface area contributed by atoms with Gasteiger partial charge in [0.2, 0.25) is 5.88 Å². The van der Waals surface area contributed by atoms with Crippen LogP contribution in [0.5, 0.6) is 5.88 Å². The van der Waals surface area contributed by atoms with Gasteiger partial charge in [0.1, 0.15) is 10.7 Å². The van der Waals surface area contributed by atoms with Gasteiger partial charge in [0.05, 0.1) is 0 Å². The first kappa shape index (κ1) is 14.7. The smallest absolute Gasteiger partial charge is 0.340 e. The Morgan fingerprint density at radius 3 is 2.45 bits per heavy atom. The monoisotopic (exact) mass is 314 g/mol. The summed E-state index contributed by atoms with van der Waals surface area (Å²) in [7, 11) is -4.04. The summed E-state index contributed by atoms with van der Waals surface area (Å²) in [5, 5.41) is 0.411. The Bertz CT molecular complexity index is 718. The standard InChI is InChI=1S/C12H11FN2O3S2/c1-8-7-11(15-12(14-8)19-2)18-20(16,17)10-5-3-9(13)4-6-10/h3-7H,1-2H3. The minimum Gasteiger partial charge on any atom is -0.358 e. The molecule has 2 rings (SSSR count). The highest BCUT2D eigenvalue weighted by atomic mass is 32.2. The molecule has 0 saturated carbocycles. The van der Waals surface area contributed by atoms with Crippen molar-refractivity contribution in [3.8, 4) is 5.88 Å². The van der Waals surface area contributed by atoms with E-state index in [1.165, 1.54) is 17.8 Å². The maximum atomic E-state index is 12.8. The second-order valence-corrected chi connectivity index (χ2v) is 6.15. The van der Waals surface area contributed by atoms with E-state index < -0.39 is 15.9 Å². The molecular weight excluding hydrogens is 303 g/mol. The molecule has 0 atom stereocenters. The van der Waals surface area contributed by atoms with Gasteiger partial charge in [-0.1, -0.05) is 11.8 Å². The van der Waals surface area contributed by atoms with Crippen LogP contribution in [0.25, 0.3) is 0 Å². The zero-order chi connectivity index (χ0) is 14.8. The summed E-state index contributed by atoms with van der Waals surface area (Å²) in [5.41, 5.74) is 0.591. The van der Waals surface area contributed by atoms with E-state index in [2.05, 4.69) is 9.97 Å². The van der Waals surface area contributed by atoms with Crippen molar-refractivity contribution in [3.05, 3.63) is 41.8 Å². The molecule has 20 heavy (non-hydrogen) atoms. The molecule has 0 spiro atoms. The number of hydrogen-bond donors (Lipinski definition) is 0. The fraction of sp³-hybridized carbons (Fsp3) is 0.167. The van der Waals surface area contributed by atoms with Crippen molar-refractivity contribution in [2.24, 2.45) is 0 Å². The quantitative estimate of drug-likeness (QED) is 0.490. The molecule has 1 aromatic carbocycles. The number of thioether (sulfide) groups is 1. The summed E-state index contributed by atoms with van der Waals surface area (Å²) < 4.78 is 41.8. The van der Waals surface area contributed by atoms with Crippen molar-refractivity contribution in [1.29, 1.82) is 0 Å². The van der Waals surface area contributed by atoms with E-state index >= 15 is 0 Å². The summed E-state index contributed by atoms with van der Waals surface area (Å²) in [5.74, 6) is -0.585. The fourth-order valence-electron chi connectivity index (χ4n) is 1.41. The van der Waals surface area contributed by atoms with Crippen LogP contribution < -0.4 is 4.18 Å². The van der Waals surface area contributed by atoms with Gasteiger partial charge in [-0.05, 0) is 37.4 Å². The highest BCUT2D eigenvalue weighted by molar-refractivity contribution is 7.98. The van der Waals surface area contributed by atoms with E-state index in [0.29, 0.717) is 10.9 Å². The molecule has 1 aromatic heterocycles. The van der Waals surface area contributed by atoms with Crippen LogP contribution in [0.1, 0.15) is 5.69 Å². The Morgan fingerprint density at radius 2 is 1.85 bits per heavy atom. The molecule has 106 valence electrons. The summed E-state index contributed by atoms with van der Waals surface area (Å²) in [4.78, 5) is 7.91. The summed E-state index contributed by atoms with van der Waals surface area (Å²) in [6, 6.07) is 5.78. The van der Waals surface area contributed by atoms with Gasteiger partial charge in [0.15, 0.2) is 5.16 Å². The highest BCUT2D eigenvalue weighted by Crippen LogP contribution is 2.20. The van der Waals surface area contributed by atoms with Crippen molar-refractivity contribution in [1.82, 2.24) is 9.97 Å². The number of hydrogen-bond acceptors (Lipinski definition) is 6. The van der Waals surface area contributed by atoms with Crippen molar-refractivity contribution in [2.75, 3.05) is 6.26 Å². The molecule has 0 N–H and O–H groups in total. The van der Waals surface area contributed by atoms with Crippen LogP contribution in [0.2, 0.25) is 0 Å². The average molecular weight is 314 g/mol. The lowest BCUT2D eigenvalue weighted by Crippen LogP contribution is -2.11. The number of benzene rings is 1. The van der Waals surface area contributed by atoms with E-state index in [9.17, 15) is 12.8 Å². The second-order valence-electron chi connectivity index (χ2n) is 3.83. The third-order valence-electron chi connectivity index (χ3n) is 2.29. The molecule has 0 unspecified atom stereocenters. The number of nitrogens with zero attached hydrogens (tertiary/aromatic N) is 2. The molecule has 2 aromatic rings. The SMILES string of the molecule is CSc1nc(C)cc(OS(=O)(=O)c2ccc(F)cc2)n1. The van der Waals surface area contributed by atoms with Gasteiger partial charge < -0.3 is 4.18 Å². The first-order valence-electron chi connectivity index (χ1n) is 5.50. The van der Waals surface area contributed by atoms with Crippen molar-refractivity contribution in [2.45, 2.75) is 17.0 Å². The van der Waals surface area contributed by atoms with Crippen LogP contribution in [0.15, 0.2) is 40.4 Å². The maximum Gasteiger partial charge on any atom is 0.340 e. The first-order valence-corrected chi connectivity index (χ1v) is 8.14. The molecule has 1 heterocycles. The normalized spacial score (nSPS) is 11.3. The summed E-state index contributed by atoms with van der Waals surface area (Å²) >= 11 is 1.27. The van der Waals surface area contributed by atoms with Crippen molar-refractivity contribution in [3.63, 3.8) is 0 Å². The van der Waals surface area contributed by atoms with Gasteiger partial charge in [-0.25, -0.2) is 9.37 Å². The lowest BCUT2D eigenvalue weighted by molar-refractivity contribution is 0.471. The molecule has 0 aliphatic heterocycles. The van der Waals surface area contributed by atoms with E-state index in [0.717, 1.165) is 24.3 Å². The largest absolute Gasteiger partial charge is 0.358 e. The van der Waals surface area contributed by atoms with E-state index in [1.54, 1.807) is 13.2 Å². The van der Waals surface area contributed by atoms with Gasteiger partial charge in [-0.15, -0.1) is 0 Å². The van der Waals surface area contributed by atoms with Crippen molar-refractivity contribution < 1.29 is 17.0 Å². The minimum atomic E-state index is -4.04. The van der Waals surface area contributed by atoms with Gasteiger partial charge in [-0.3, -0.25) is 0 Å². The summed E-state index contributed by atoms with van der Waals surface area (Å²) in [6.07, 6.45) is 1.77. The van der Waals surface area contributed by atoms with Gasteiger partial charge in [-0.2, -0.15) is 13.4 Å². The number of rotatable bonds is 4. The predicted molar refractivity (Wildman–Crippen MR) is 72.8 cm³/mol. The molecule has 0 aliphatic rings. The van der Waals surface area contributed by atoms with Crippen LogP contribution in [0.4, 0.5) is 4.39 Å². The van der Waals surface area contributed by atoms with Crippen LogP contribution in [0, 0.1) is 12.7 Å². The Balaban J connectivity index is 2.33. The molecule has 0 bridgehead atoms. The molecule has 8 heteroatoms. The lowest BCUT2D eigenvalue weighted by Gasteiger charge is -2.07. The molecule has 0 aliphatic carbocycles. The molecule has 5 nitrogen and oxygen atoms in total. The van der Waals surface area contributed by atoms with Crippen LogP contribution in [-0.2, 0) is 10.1 Å². The van der Waals surface area contributed by atoms with E-state index in [1.807, 2.05) is 0 Å². The predicted octanol–water partition coefficient (Wildman–Crippen LogP) is 2.41. The number of halogens is 1. The Labute approximate surface area is 120 Å². The van der Waals surface area contributed by atoms with Crippen molar-refractivity contribution >= 4 is 21.9 Å². The lowest BCUT2D eigenvalue weighted by atomic mass is 10.4. The zero-order valence-electron chi connectivity index (χ0n) is 10.7. The zero-order valence-corrected chi connectivity index (χ0v) is 12.3. The van der Waals surface area contributed by atoms with Crippen LogP contribution in [0.3, 0.4) is 0 Å². The van der Waals surface area contributed by atoms with Gasteiger partial charge >= 0.3 is 10.1 Å². The van der Waals surface area contributed by atoms with Gasteiger partial charge in [0, 0.05) is 11.8 Å². The molecular formula is C12H11FN2O3S2. The average Bonchev–Trinajstić information content (AvgIpc) is 2.37. The molecule has 0 radical (unpaired) electrons. The molecule has 0 fully saturated rings.